The highest BCUT2D eigenvalue weighted by molar-refractivity contribution is 7.80. The monoisotopic (exact) mass is 269 g/mol. The summed E-state index contributed by atoms with van der Waals surface area (Å²) in [5.74, 6) is 0.508. The maximum atomic E-state index is 5.09. The van der Waals surface area contributed by atoms with Gasteiger partial charge in [-0.15, -0.1) is 0 Å². The van der Waals surface area contributed by atoms with Crippen LogP contribution in [0.25, 0.3) is 0 Å². The zero-order valence-corrected chi connectivity index (χ0v) is 11.7. The predicted octanol–water partition coefficient (Wildman–Crippen LogP) is 0.921. The summed E-state index contributed by atoms with van der Waals surface area (Å²) < 4.78 is 4.94. The minimum absolute atomic E-state index is 0.508. The zero-order chi connectivity index (χ0) is 13.4. The van der Waals surface area contributed by atoms with Crippen molar-refractivity contribution in [1.29, 1.82) is 0 Å². The molecule has 1 heterocycles. The Hall–Kier alpha value is -1.47. The van der Waals surface area contributed by atoms with Gasteiger partial charge in [-0.25, -0.2) is 9.97 Å². The summed E-state index contributed by atoms with van der Waals surface area (Å²) in [6.45, 7) is 5.31. The van der Waals surface area contributed by atoms with Gasteiger partial charge in [0.2, 0.25) is 5.95 Å². The van der Waals surface area contributed by atoms with Crippen LogP contribution in [0.3, 0.4) is 0 Å². The fourth-order valence-corrected chi connectivity index (χ4v) is 1.51. The van der Waals surface area contributed by atoms with E-state index >= 15 is 0 Å². The van der Waals surface area contributed by atoms with E-state index in [2.05, 4.69) is 26.1 Å². The number of hydrazine groups is 1. The molecule has 1 rings (SSSR count). The Morgan fingerprint density at radius 1 is 1.33 bits per heavy atom. The van der Waals surface area contributed by atoms with Gasteiger partial charge in [-0.05, 0) is 38.6 Å². The van der Waals surface area contributed by atoms with Crippen LogP contribution in [-0.4, -0.2) is 35.3 Å². The first-order valence-corrected chi connectivity index (χ1v) is 6.13. The van der Waals surface area contributed by atoms with Crippen LogP contribution < -0.4 is 16.2 Å². The summed E-state index contributed by atoms with van der Waals surface area (Å²) in [4.78, 5) is 8.45. The highest BCUT2D eigenvalue weighted by Crippen LogP contribution is 2.01. The third-order valence-corrected chi connectivity index (χ3v) is 2.33. The van der Waals surface area contributed by atoms with Crippen molar-refractivity contribution in [3.63, 3.8) is 0 Å². The van der Waals surface area contributed by atoms with Gasteiger partial charge < -0.3 is 10.1 Å². The molecule has 0 amide bonds. The van der Waals surface area contributed by atoms with E-state index < -0.39 is 0 Å². The molecular weight excluding hydrogens is 250 g/mol. The van der Waals surface area contributed by atoms with Crippen LogP contribution in [0.5, 0.6) is 0 Å². The number of rotatable bonds is 6. The fourth-order valence-electron chi connectivity index (χ4n) is 1.36. The molecule has 0 atom stereocenters. The molecule has 0 aromatic carbocycles. The summed E-state index contributed by atoms with van der Waals surface area (Å²) in [5, 5.41) is 3.55. The van der Waals surface area contributed by atoms with Gasteiger partial charge in [0.05, 0.1) is 0 Å². The highest BCUT2D eigenvalue weighted by atomic mass is 32.1. The van der Waals surface area contributed by atoms with E-state index in [-0.39, 0.29) is 0 Å². The molecule has 0 bridgehead atoms. The Morgan fingerprint density at radius 3 is 2.61 bits per heavy atom. The minimum Gasteiger partial charge on any atom is -0.385 e. The van der Waals surface area contributed by atoms with Crippen LogP contribution in [0.1, 0.15) is 17.8 Å². The Morgan fingerprint density at radius 2 is 2.00 bits per heavy atom. The van der Waals surface area contributed by atoms with Crippen molar-refractivity contribution in [3.05, 3.63) is 17.5 Å². The Balaban J connectivity index is 2.29. The largest absolute Gasteiger partial charge is 0.385 e. The molecule has 18 heavy (non-hydrogen) atoms. The maximum Gasteiger partial charge on any atom is 0.242 e. The summed E-state index contributed by atoms with van der Waals surface area (Å²) in [6.07, 6.45) is 0.901. The van der Waals surface area contributed by atoms with Crippen LogP contribution in [0.4, 0.5) is 5.95 Å². The van der Waals surface area contributed by atoms with Gasteiger partial charge in [0, 0.05) is 31.6 Å². The quantitative estimate of drug-likeness (QED) is 0.403. The smallest absolute Gasteiger partial charge is 0.242 e. The van der Waals surface area contributed by atoms with E-state index in [0.29, 0.717) is 17.7 Å². The molecule has 0 fully saturated rings. The van der Waals surface area contributed by atoms with Crippen molar-refractivity contribution >= 4 is 23.3 Å². The number of aromatic nitrogens is 2. The lowest BCUT2D eigenvalue weighted by Gasteiger charge is -2.11. The van der Waals surface area contributed by atoms with Gasteiger partial charge in [-0.2, -0.15) is 0 Å². The molecule has 0 aliphatic rings. The van der Waals surface area contributed by atoms with Gasteiger partial charge in [0.25, 0.3) is 0 Å². The first-order valence-electron chi connectivity index (χ1n) is 5.73. The van der Waals surface area contributed by atoms with Gasteiger partial charge >= 0.3 is 0 Å². The second-order valence-corrected chi connectivity index (χ2v) is 4.23. The second-order valence-electron chi connectivity index (χ2n) is 3.83. The predicted molar refractivity (Wildman–Crippen MR) is 75.4 cm³/mol. The summed E-state index contributed by atoms with van der Waals surface area (Å²) in [7, 11) is 1.68. The number of nitrogens with zero attached hydrogens (tertiary/aromatic N) is 2. The molecule has 0 saturated heterocycles. The maximum absolute atomic E-state index is 5.09. The van der Waals surface area contributed by atoms with Crippen LogP contribution in [0, 0.1) is 13.8 Å². The Bertz CT molecular complexity index is 379. The van der Waals surface area contributed by atoms with E-state index in [1.54, 1.807) is 7.11 Å². The number of ether oxygens (including phenoxy) is 1. The Kier molecular flexibility index (Phi) is 6.31. The molecule has 0 saturated carbocycles. The number of anilines is 1. The topological polar surface area (TPSA) is 71.1 Å². The van der Waals surface area contributed by atoms with E-state index in [0.717, 1.165) is 24.4 Å². The number of aryl methyl sites for hydroxylation is 2. The lowest BCUT2D eigenvalue weighted by Crippen LogP contribution is -2.39. The van der Waals surface area contributed by atoms with Gasteiger partial charge in [0.15, 0.2) is 5.11 Å². The number of methoxy groups -OCH3 is 1. The summed E-state index contributed by atoms with van der Waals surface area (Å²) in [6, 6.07) is 1.91. The number of thiocarbonyl (C=S) groups is 1. The third kappa shape index (κ3) is 5.74. The second kappa shape index (κ2) is 7.78. The van der Waals surface area contributed by atoms with Crippen LogP contribution in [0.2, 0.25) is 0 Å². The van der Waals surface area contributed by atoms with Crippen LogP contribution >= 0.6 is 12.2 Å². The SMILES string of the molecule is COCCCNC(=S)NNc1nc(C)cc(C)n1. The molecule has 0 unspecified atom stereocenters. The molecular formula is C11H19N5OS. The lowest BCUT2D eigenvalue weighted by molar-refractivity contribution is 0.195. The van der Waals surface area contributed by atoms with Crippen molar-refractivity contribution < 1.29 is 4.74 Å². The van der Waals surface area contributed by atoms with E-state index in [9.17, 15) is 0 Å². The highest BCUT2D eigenvalue weighted by Gasteiger charge is 1.99. The van der Waals surface area contributed by atoms with Crippen molar-refractivity contribution in [2.24, 2.45) is 0 Å². The number of hydrogen-bond donors (Lipinski definition) is 3. The molecule has 7 heteroatoms. The van der Waals surface area contributed by atoms with Gasteiger partial charge in [0.1, 0.15) is 0 Å². The minimum atomic E-state index is 0.508. The van der Waals surface area contributed by atoms with Crippen LogP contribution in [0.15, 0.2) is 6.07 Å². The van der Waals surface area contributed by atoms with Crippen LogP contribution in [-0.2, 0) is 4.74 Å². The third-order valence-electron chi connectivity index (χ3n) is 2.08. The fraction of sp³-hybridized carbons (Fsp3) is 0.545. The van der Waals surface area contributed by atoms with Crippen molar-refractivity contribution in [2.75, 3.05) is 25.7 Å². The van der Waals surface area contributed by atoms with E-state index in [4.69, 9.17) is 17.0 Å². The molecule has 100 valence electrons. The van der Waals surface area contributed by atoms with Crippen molar-refractivity contribution in [3.8, 4) is 0 Å². The standard InChI is InChI=1S/C11H19N5OS/c1-8-7-9(2)14-10(13-8)15-16-11(18)12-5-4-6-17-3/h7H,4-6H2,1-3H3,(H2,12,16,18)(H,13,14,15). The first kappa shape index (κ1) is 14.6. The molecule has 3 N–H and O–H groups in total. The van der Waals surface area contributed by atoms with E-state index in [1.807, 2.05) is 19.9 Å². The number of hydrogen-bond acceptors (Lipinski definition) is 5. The first-order chi connectivity index (χ1) is 8.61. The molecule has 6 nitrogen and oxygen atoms in total. The van der Waals surface area contributed by atoms with E-state index in [1.165, 1.54) is 0 Å². The van der Waals surface area contributed by atoms with Gasteiger partial charge in [-0.1, -0.05) is 0 Å². The molecule has 0 aliphatic heterocycles. The van der Waals surface area contributed by atoms with Crippen molar-refractivity contribution in [2.45, 2.75) is 20.3 Å². The molecule has 1 aromatic heterocycles. The molecule has 0 spiro atoms. The normalized spacial score (nSPS) is 9.94. The Labute approximate surface area is 113 Å². The lowest BCUT2D eigenvalue weighted by atomic mass is 10.4. The summed E-state index contributed by atoms with van der Waals surface area (Å²) in [5.41, 5.74) is 7.51. The average molecular weight is 269 g/mol. The van der Waals surface area contributed by atoms with Gasteiger partial charge in [-0.3, -0.25) is 10.9 Å². The zero-order valence-electron chi connectivity index (χ0n) is 10.9. The molecule has 0 radical (unpaired) electrons. The summed E-state index contributed by atoms with van der Waals surface area (Å²) >= 11 is 5.09. The molecule has 0 aliphatic carbocycles. The average Bonchev–Trinajstić information content (AvgIpc) is 2.31. The molecule has 1 aromatic rings. The van der Waals surface area contributed by atoms with Crippen molar-refractivity contribution in [1.82, 2.24) is 20.7 Å². The number of nitrogens with one attached hydrogen (secondary N) is 3.